The standard InChI is InChI=1S/C26H31ClF3N3O3S/c1-33(2)12-4-11-31-10-3-5-18(34)15-37-24-23(20-14-17(27)7-9-22(20)35)19-13-16(26(28,29)30)6-8-21(19)32-25(24)36/h6-9,13-14,18,31,34-35H,3-5,10-12,15H2,1-2H3,(H,32,36). The predicted molar refractivity (Wildman–Crippen MR) is 144 cm³/mol. The number of H-pyrrole nitrogens is 1. The summed E-state index contributed by atoms with van der Waals surface area (Å²) in [6.07, 6.45) is -3.08. The smallest absolute Gasteiger partial charge is 0.416 e. The van der Waals surface area contributed by atoms with Crippen LogP contribution in [0.15, 0.2) is 46.1 Å². The van der Waals surface area contributed by atoms with Crippen molar-refractivity contribution in [1.82, 2.24) is 15.2 Å². The van der Waals surface area contributed by atoms with Crippen molar-refractivity contribution in [2.24, 2.45) is 0 Å². The average Bonchev–Trinajstić information content (AvgIpc) is 2.82. The number of thioether (sulfide) groups is 1. The number of aromatic nitrogens is 1. The Hall–Kier alpha value is -2.24. The van der Waals surface area contributed by atoms with Crippen molar-refractivity contribution in [1.29, 1.82) is 0 Å². The molecular weight excluding hydrogens is 527 g/mol. The number of nitrogens with zero attached hydrogens (tertiary/aromatic N) is 1. The zero-order chi connectivity index (χ0) is 27.2. The van der Waals surface area contributed by atoms with Gasteiger partial charge in [0.1, 0.15) is 5.75 Å². The van der Waals surface area contributed by atoms with Gasteiger partial charge in [-0.05, 0) is 89.4 Å². The second kappa shape index (κ2) is 13.0. The molecular formula is C26H31ClF3N3O3S. The first-order valence-corrected chi connectivity index (χ1v) is 13.3. The highest BCUT2D eigenvalue weighted by Crippen LogP contribution is 2.42. The Morgan fingerprint density at radius 1 is 1.14 bits per heavy atom. The quantitative estimate of drug-likeness (QED) is 0.177. The third-order valence-corrected chi connectivity index (χ3v) is 7.26. The van der Waals surface area contributed by atoms with Gasteiger partial charge in [-0.25, -0.2) is 0 Å². The maximum atomic E-state index is 13.5. The van der Waals surface area contributed by atoms with Gasteiger partial charge in [-0.2, -0.15) is 13.2 Å². The Morgan fingerprint density at radius 3 is 2.57 bits per heavy atom. The second-order valence-corrected chi connectivity index (χ2v) is 10.6. The number of pyridine rings is 1. The van der Waals surface area contributed by atoms with Crippen molar-refractivity contribution in [3.05, 3.63) is 57.3 Å². The molecule has 0 spiro atoms. The van der Waals surface area contributed by atoms with Crippen LogP contribution in [0, 0.1) is 0 Å². The molecule has 0 bridgehead atoms. The number of aliphatic hydroxyl groups is 1. The lowest BCUT2D eigenvalue weighted by molar-refractivity contribution is -0.137. The summed E-state index contributed by atoms with van der Waals surface area (Å²) in [4.78, 5) is 17.9. The lowest BCUT2D eigenvalue weighted by Gasteiger charge is -2.17. The van der Waals surface area contributed by atoms with Gasteiger partial charge in [-0.15, -0.1) is 11.8 Å². The number of rotatable bonds is 12. The van der Waals surface area contributed by atoms with Crippen molar-refractivity contribution in [3.8, 4) is 16.9 Å². The third kappa shape index (κ3) is 8.12. The van der Waals surface area contributed by atoms with Gasteiger partial charge in [0.05, 0.1) is 16.6 Å². The predicted octanol–water partition coefficient (Wildman–Crippen LogP) is 5.35. The van der Waals surface area contributed by atoms with E-state index in [0.717, 1.165) is 56.4 Å². The molecule has 37 heavy (non-hydrogen) atoms. The minimum atomic E-state index is -4.60. The van der Waals surface area contributed by atoms with E-state index < -0.39 is 23.4 Å². The third-order valence-electron chi connectivity index (χ3n) is 5.80. The van der Waals surface area contributed by atoms with Gasteiger partial charge in [0, 0.05) is 32.8 Å². The molecule has 3 rings (SSSR count). The van der Waals surface area contributed by atoms with Crippen molar-refractivity contribution >= 4 is 34.3 Å². The summed E-state index contributed by atoms with van der Waals surface area (Å²) in [7, 11) is 4.03. The molecule has 1 heterocycles. The highest BCUT2D eigenvalue weighted by Gasteiger charge is 2.31. The van der Waals surface area contributed by atoms with Crippen molar-refractivity contribution in [3.63, 3.8) is 0 Å². The minimum Gasteiger partial charge on any atom is -0.507 e. The number of alkyl halides is 3. The molecule has 1 atom stereocenters. The molecule has 202 valence electrons. The molecule has 1 unspecified atom stereocenters. The Balaban J connectivity index is 1.85. The average molecular weight is 558 g/mol. The maximum absolute atomic E-state index is 13.5. The van der Waals surface area contributed by atoms with E-state index in [1.54, 1.807) is 0 Å². The fourth-order valence-electron chi connectivity index (χ4n) is 3.94. The van der Waals surface area contributed by atoms with Crippen molar-refractivity contribution < 1.29 is 23.4 Å². The van der Waals surface area contributed by atoms with Gasteiger partial charge in [0.25, 0.3) is 5.56 Å². The molecule has 11 heteroatoms. The summed E-state index contributed by atoms with van der Waals surface area (Å²) in [6.45, 7) is 2.61. The summed E-state index contributed by atoms with van der Waals surface area (Å²) >= 11 is 7.17. The van der Waals surface area contributed by atoms with Crippen LogP contribution in [0.2, 0.25) is 5.02 Å². The molecule has 4 N–H and O–H groups in total. The number of halogens is 4. The Kier molecular flexibility index (Phi) is 10.3. The van der Waals surface area contributed by atoms with E-state index in [1.807, 2.05) is 14.1 Å². The van der Waals surface area contributed by atoms with E-state index in [1.165, 1.54) is 24.3 Å². The molecule has 3 aromatic rings. The number of nitrogens with one attached hydrogen (secondary N) is 2. The molecule has 2 aromatic carbocycles. The number of aliphatic hydroxyl groups excluding tert-OH is 1. The molecule has 0 amide bonds. The molecule has 0 fully saturated rings. The van der Waals surface area contributed by atoms with Gasteiger partial charge >= 0.3 is 6.18 Å². The molecule has 0 saturated carbocycles. The number of aromatic amines is 1. The highest BCUT2D eigenvalue weighted by molar-refractivity contribution is 7.99. The van der Waals surface area contributed by atoms with Crippen LogP contribution in [0.25, 0.3) is 22.0 Å². The first-order valence-electron chi connectivity index (χ1n) is 11.9. The monoisotopic (exact) mass is 557 g/mol. The summed E-state index contributed by atoms with van der Waals surface area (Å²) in [5.74, 6) is -0.0702. The van der Waals surface area contributed by atoms with Crippen LogP contribution in [-0.2, 0) is 6.18 Å². The van der Waals surface area contributed by atoms with Crippen LogP contribution in [0.3, 0.4) is 0 Å². The molecule has 6 nitrogen and oxygen atoms in total. The summed E-state index contributed by atoms with van der Waals surface area (Å²) in [6, 6.07) is 7.22. The minimum absolute atomic E-state index is 0.102. The lowest BCUT2D eigenvalue weighted by Crippen LogP contribution is -2.23. The molecule has 0 radical (unpaired) electrons. The van der Waals surface area contributed by atoms with Gasteiger partial charge in [-0.3, -0.25) is 4.79 Å². The van der Waals surface area contributed by atoms with Crippen LogP contribution in [0.5, 0.6) is 5.75 Å². The van der Waals surface area contributed by atoms with Gasteiger partial charge in [-0.1, -0.05) is 11.6 Å². The van der Waals surface area contributed by atoms with Crippen LogP contribution >= 0.6 is 23.4 Å². The van der Waals surface area contributed by atoms with E-state index in [-0.39, 0.29) is 43.5 Å². The van der Waals surface area contributed by atoms with Gasteiger partial charge in [0.2, 0.25) is 0 Å². The summed E-state index contributed by atoms with van der Waals surface area (Å²) < 4.78 is 40.5. The SMILES string of the molecule is CN(C)CCCNCCCC(O)CSc1c(-c2cc(Cl)ccc2O)c2cc(C(F)(F)F)ccc2[nH]c1=O. The number of benzene rings is 2. The Bertz CT molecular complexity index is 1270. The fraction of sp³-hybridized carbons (Fsp3) is 0.423. The van der Waals surface area contributed by atoms with E-state index in [9.17, 15) is 28.2 Å². The topological polar surface area (TPSA) is 88.6 Å². The van der Waals surface area contributed by atoms with Crippen LogP contribution in [-0.4, -0.2) is 65.7 Å². The molecule has 1 aromatic heterocycles. The zero-order valence-electron chi connectivity index (χ0n) is 20.7. The number of phenols is 1. The van der Waals surface area contributed by atoms with Gasteiger partial charge < -0.3 is 25.4 Å². The van der Waals surface area contributed by atoms with Crippen molar-refractivity contribution in [2.75, 3.05) is 39.5 Å². The lowest BCUT2D eigenvalue weighted by atomic mass is 9.98. The van der Waals surface area contributed by atoms with E-state index in [4.69, 9.17) is 11.6 Å². The molecule has 0 saturated heterocycles. The number of hydrogen-bond donors (Lipinski definition) is 4. The number of phenolic OH excluding ortho intramolecular Hbond substituents is 1. The zero-order valence-corrected chi connectivity index (χ0v) is 22.2. The molecule has 0 aliphatic rings. The first-order chi connectivity index (χ1) is 17.5. The van der Waals surface area contributed by atoms with Crippen molar-refractivity contribution in [2.45, 2.75) is 36.4 Å². The number of fused-ring (bicyclic) bond motifs is 1. The van der Waals surface area contributed by atoms with Crippen LogP contribution in [0.4, 0.5) is 13.2 Å². The fourth-order valence-corrected chi connectivity index (χ4v) is 5.18. The first kappa shape index (κ1) is 29.3. The maximum Gasteiger partial charge on any atom is 0.416 e. The second-order valence-electron chi connectivity index (χ2n) is 9.09. The summed E-state index contributed by atoms with van der Waals surface area (Å²) in [5, 5.41) is 24.8. The van der Waals surface area contributed by atoms with E-state index in [0.29, 0.717) is 6.42 Å². The molecule has 0 aliphatic heterocycles. The number of aromatic hydroxyl groups is 1. The summed E-state index contributed by atoms with van der Waals surface area (Å²) in [5.41, 5.74) is -0.936. The largest absolute Gasteiger partial charge is 0.507 e. The van der Waals surface area contributed by atoms with Crippen LogP contribution < -0.4 is 10.9 Å². The number of hydrogen-bond acceptors (Lipinski definition) is 6. The van der Waals surface area contributed by atoms with Gasteiger partial charge in [0.15, 0.2) is 0 Å². The molecule has 0 aliphatic carbocycles. The Morgan fingerprint density at radius 2 is 1.86 bits per heavy atom. The normalized spacial score (nSPS) is 13.0. The Labute approximate surface area is 222 Å². The van der Waals surface area contributed by atoms with Crippen LogP contribution in [0.1, 0.15) is 24.8 Å². The van der Waals surface area contributed by atoms with E-state index in [2.05, 4.69) is 15.2 Å². The van der Waals surface area contributed by atoms with E-state index >= 15 is 0 Å². The highest BCUT2D eigenvalue weighted by atomic mass is 35.5.